The number of rotatable bonds is 5. The Balaban J connectivity index is 2.30. The molecule has 0 aromatic heterocycles. The minimum atomic E-state index is -0.530. The zero-order valence-corrected chi connectivity index (χ0v) is 14.0. The Morgan fingerprint density at radius 3 is 2.57 bits per heavy atom. The average Bonchev–Trinajstić information content (AvgIpc) is 2.54. The van der Waals surface area contributed by atoms with E-state index in [1.807, 2.05) is 44.4 Å². The van der Waals surface area contributed by atoms with Crippen LogP contribution in [-0.2, 0) is 0 Å². The van der Waals surface area contributed by atoms with E-state index in [0.29, 0.717) is 0 Å². The molecule has 0 radical (unpaired) electrons. The number of nitrogens with one attached hydrogen (secondary N) is 1. The normalized spacial score (nSPS) is 11.8. The van der Waals surface area contributed by atoms with Gasteiger partial charge in [-0.3, -0.25) is 14.9 Å². The van der Waals surface area contributed by atoms with Crippen molar-refractivity contribution >= 4 is 23.4 Å². The molecule has 2 aromatic carbocycles. The second-order valence-corrected chi connectivity index (χ2v) is 6.07. The number of hydrogen-bond acceptors (Lipinski definition) is 4. The van der Waals surface area contributed by atoms with Gasteiger partial charge in [0.1, 0.15) is 5.56 Å². The summed E-state index contributed by atoms with van der Waals surface area (Å²) in [6, 6.07) is 12.1. The minimum Gasteiger partial charge on any atom is -0.345 e. The summed E-state index contributed by atoms with van der Waals surface area (Å²) < 4.78 is 0. The van der Waals surface area contributed by atoms with Crippen LogP contribution in [0.3, 0.4) is 0 Å². The third kappa shape index (κ3) is 3.90. The number of hydrogen-bond donors (Lipinski definition) is 1. The fourth-order valence-electron chi connectivity index (χ4n) is 2.41. The Bertz CT molecular complexity index is 746. The van der Waals surface area contributed by atoms with Gasteiger partial charge in [-0.2, -0.15) is 0 Å². The molecule has 0 aliphatic heterocycles. The predicted molar refractivity (Wildman–Crippen MR) is 91.9 cm³/mol. The van der Waals surface area contributed by atoms with Crippen molar-refractivity contribution in [2.45, 2.75) is 24.8 Å². The first-order valence-electron chi connectivity index (χ1n) is 7.13. The number of nitro benzene ring substituents is 1. The lowest BCUT2D eigenvalue weighted by atomic mass is 10.0. The fraction of sp³-hybridized carbons (Fsp3) is 0.235. The predicted octanol–water partition coefficient (Wildman–Crippen LogP) is 4.12. The second-order valence-electron chi connectivity index (χ2n) is 5.19. The van der Waals surface area contributed by atoms with E-state index in [1.54, 1.807) is 12.1 Å². The first-order chi connectivity index (χ1) is 10.9. The van der Waals surface area contributed by atoms with Gasteiger partial charge in [0.15, 0.2) is 0 Å². The highest BCUT2D eigenvalue weighted by Gasteiger charge is 2.22. The summed E-state index contributed by atoms with van der Waals surface area (Å²) in [5, 5.41) is 14.0. The first kappa shape index (κ1) is 17.0. The highest BCUT2D eigenvalue weighted by Crippen LogP contribution is 2.26. The van der Waals surface area contributed by atoms with E-state index in [4.69, 9.17) is 0 Å². The molecule has 0 saturated heterocycles. The number of aryl methyl sites for hydroxylation is 1. The van der Waals surface area contributed by atoms with Crippen LogP contribution < -0.4 is 5.32 Å². The van der Waals surface area contributed by atoms with Crippen LogP contribution in [0.5, 0.6) is 0 Å². The van der Waals surface area contributed by atoms with E-state index >= 15 is 0 Å². The average molecular weight is 330 g/mol. The molecule has 2 aromatic rings. The van der Waals surface area contributed by atoms with Crippen molar-refractivity contribution in [3.05, 3.63) is 69.3 Å². The molecule has 5 nitrogen and oxygen atoms in total. The third-order valence-electron chi connectivity index (χ3n) is 3.65. The van der Waals surface area contributed by atoms with Crippen LogP contribution in [0, 0.1) is 17.0 Å². The van der Waals surface area contributed by atoms with Crippen LogP contribution in [0.25, 0.3) is 0 Å². The van der Waals surface area contributed by atoms with Crippen LogP contribution in [0.2, 0.25) is 0 Å². The summed E-state index contributed by atoms with van der Waals surface area (Å²) in [7, 11) is 0. The zero-order chi connectivity index (χ0) is 17.0. The Labute approximate surface area is 139 Å². The van der Waals surface area contributed by atoms with E-state index in [-0.39, 0.29) is 17.3 Å². The van der Waals surface area contributed by atoms with E-state index in [9.17, 15) is 14.9 Å². The number of nitro groups is 1. The van der Waals surface area contributed by atoms with Crippen LogP contribution in [0.1, 0.15) is 34.5 Å². The number of nitrogens with zero attached hydrogens (tertiary/aromatic N) is 1. The van der Waals surface area contributed by atoms with Gasteiger partial charge in [0, 0.05) is 11.0 Å². The molecule has 120 valence electrons. The Morgan fingerprint density at radius 2 is 1.96 bits per heavy atom. The molecule has 0 heterocycles. The quantitative estimate of drug-likeness (QED) is 0.508. The lowest BCUT2D eigenvalue weighted by Gasteiger charge is -2.16. The Hall–Kier alpha value is -2.34. The smallest absolute Gasteiger partial charge is 0.282 e. The summed E-state index contributed by atoms with van der Waals surface area (Å²) >= 11 is 1.44. The largest absolute Gasteiger partial charge is 0.345 e. The maximum Gasteiger partial charge on any atom is 0.282 e. The Kier molecular flexibility index (Phi) is 5.39. The second kappa shape index (κ2) is 7.28. The molecule has 0 bridgehead atoms. The molecule has 0 aliphatic rings. The number of amides is 1. The van der Waals surface area contributed by atoms with Crippen molar-refractivity contribution in [1.82, 2.24) is 5.32 Å². The molecule has 0 fully saturated rings. The monoisotopic (exact) mass is 330 g/mol. The summed E-state index contributed by atoms with van der Waals surface area (Å²) in [5.74, 6) is -0.441. The summed E-state index contributed by atoms with van der Waals surface area (Å²) in [6.45, 7) is 3.83. The third-order valence-corrected chi connectivity index (χ3v) is 4.37. The number of thioether (sulfide) groups is 1. The highest BCUT2D eigenvalue weighted by atomic mass is 32.2. The molecular weight excluding hydrogens is 312 g/mol. The molecule has 2 rings (SSSR count). The van der Waals surface area contributed by atoms with Gasteiger partial charge in [-0.05, 0) is 43.4 Å². The molecule has 0 aliphatic carbocycles. The van der Waals surface area contributed by atoms with Gasteiger partial charge in [-0.1, -0.05) is 24.3 Å². The van der Waals surface area contributed by atoms with Crippen molar-refractivity contribution in [3.8, 4) is 0 Å². The van der Waals surface area contributed by atoms with Crippen molar-refractivity contribution in [3.63, 3.8) is 0 Å². The summed E-state index contributed by atoms with van der Waals surface area (Å²) in [4.78, 5) is 23.9. The van der Waals surface area contributed by atoms with E-state index < -0.39 is 10.8 Å². The van der Waals surface area contributed by atoms with Crippen molar-refractivity contribution in [2.24, 2.45) is 0 Å². The topological polar surface area (TPSA) is 72.2 Å². The van der Waals surface area contributed by atoms with Gasteiger partial charge in [-0.25, -0.2) is 0 Å². The zero-order valence-electron chi connectivity index (χ0n) is 13.2. The molecular formula is C17H18N2O3S. The van der Waals surface area contributed by atoms with Crippen molar-refractivity contribution < 1.29 is 9.72 Å². The maximum absolute atomic E-state index is 12.5. The molecule has 6 heteroatoms. The first-order valence-corrected chi connectivity index (χ1v) is 8.35. The molecule has 1 amide bonds. The highest BCUT2D eigenvalue weighted by molar-refractivity contribution is 7.98. The fourth-order valence-corrected chi connectivity index (χ4v) is 2.85. The van der Waals surface area contributed by atoms with Crippen LogP contribution in [-0.4, -0.2) is 17.1 Å². The van der Waals surface area contributed by atoms with E-state index in [0.717, 1.165) is 16.0 Å². The lowest BCUT2D eigenvalue weighted by Crippen LogP contribution is -2.27. The Morgan fingerprint density at radius 1 is 1.26 bits per heavy atom. The standard InChI is InChI=1S/C17H18N2O3S/c1-11-6-4-5-7-14(11)12(2)18-17(20)15-10-13(23-3)8-9-16(15)19(21)22/h4-10,12H,1-3H3,(H,18,20). The van der Waals surface area contributed by atoms with Gasteiger partial charge in [-0.15, -0.1) is 11.8 Å². The number of carbonyl (C=O) groups is 1. The molecule has 0 spiro atoms. The summed E-state index contributed by atoms with van der Waals surface area (Å²) in [6.07, 6.45) is 1.86. The minimum absolute atomic E-state index is 0.0854. The molecule has 1 atom stereocenters. The van der Waals surface area contributed by atoms with Gasteiger partial charge in [0.05, 0.1) is 11.0 Å². The number of benzene rings is 2. The van der Waals surface area contributed by atoms with E-state index in [1.165, 1.54) is 17.8 Å². The van der Waals surface area contributed by atoms with Crippen molar-refractivity contribution in [1.29, 1.82) is 0 Å². The van der Waals surface area contributed by atoms with Gasteiger partial charge < -0.3 is 5.32 Å². The van der Waals surface area contributed by atoms with Crippen LogP contribution in [0.4, 0.5) is 5.69 Å². The van der Waals surface area contributed by atoms with Gasteiger partial charge >= 0.3 is 0 Å². The SMILES string of the molecule is CSc1ccc([N+](=O)[O-])c(C(=O)NC(C)c2ccccc2C)c1. The van der Waals surface area contributed by atoms with E-state index in [2.05, 4.69) is 5.32 Å². The van der Waals surface area contributed by atoms with Crippen LogP contribution in [0.15, 0.2) is 47.4 Å². The lowest BCUT2D eigenvalue weighted by molar-refractivity contribution is -0.385. The molecule has 1 N–H and O–H groups in total. The van der Waals surface area contributed by atoms with Gasteiger partial charge in [0.25, 0.3) is 11.6 Å². The maximum atomic E-state index is 12.5. The summed E-state index contributed by atoms with van der Waals surface area (Å²) in [5.41, 5.74) is 1.96. The molecule has 1 unspecified atom stereocenters. The van der Waals surface area contributed by atoms with Gasteiger partial charge in [0.2, 0.25) is 0 Å². The number of carbonyl (C=O) groups excluding carboxylic acids is 1. The molecule has 0 saturated carbocycles. The van der Waals surface area contributed by atoms with Crippen molar-refractivity contribution in [2.75, 3.05) is 6.26 Å². The van der Waals surface area contributed by atoms with Crippen LogP contribution >= 0.6 is 11.8 Å². The molecule has 23 heavy (non-hydrogen) atoms.